The summed E-state index contributed by atoms with van der Waals surface area (Å²) in [6.07, 6.45) is 2.29. The molecule has 1 aromatic carbocycles. The number of halogens is 3. The van der Waals surface area contributed by atoms with E-state index in [0.29, 0.717) is 5.41 Å². The summed E-state index contributed by atoms with van der Waals surface area (Å²) in [5, 5.41) is 2.07. The van der Waals surface area contributed by atoms with Gasteiger partial charge in [-0.1, -0.05) is 66.8 Å². The average Bonchev–Trinajstić information content (AvgIpc) is 2.26. The molecule has 0 saturated carbocycles. The van der Waals surface area contributed by atoms with Crippen molar-refractivity contribution in [2.24, 2.45) is 5.41 Å². The quantitative estimate of drug-likeness (QED) is 0.599. The SMILES string of the molecule is CCC(CBr)(CBr)Cc1cccc(Br)c1. The van der Waals surface area contributed by atoms with E-state index in [1.165, 1.54) is 12.0 Å². The van der Waals surface area contributed by atoms with Gasteiger partial charge in [0.1, 0.15) is 0 Å². The molecule has 0 atom stereocenters. The molecule has 0 heterocycles. The lowest BCUT2D eigenvalue weighted by atomic mass is 9.83. The average molecular weight is 399 g/mol. The van der Waals surface area contributed by atoms with Gasteiger partial charge in [0.15, 0.2) is 0 Å². The molecule has 0 aliphatic carbocycles. The van der Waals surface area contributed by atoms with Crippen molar-refractivity contribution >= 4 is 47.8 Å². The van der Waals surface area contributed by atoms with Crippen LogP contribution in [0.5, 0.6) is 0 Å². The fourth-order valence-electron chi connectivity index (χ4n) is 1.52. The first-order valence-electron chi connectivity index (χ1n) is 5.02. The fourth-order valence-corrected chi connectivity index (χ4v) is 4.09. The van der Waals surface area contributed by atoms with Gasteiger partial charge in [-0.05, 0) is 36.0 Å². The Balaban J connectivity index is 2.82. The summed E-state index contributed by atoms with van der Waals surface area (Å²) in [4.78, 5) is 0. The predicted octanol–water partition coefficient (Wildman–Crippen LogP) is 5.18. The largest absolute Gasteiger partial charge is 0.0922 e. The third kappa shape index (κ3) is 3.86. The number of hydrogen-bond acceptors (Lipinski definition) is 0. The van der Waals surface area contributed by atoms with E-state index in [1.54, 1.807) is 0 Å². The Morgan fingerprint density at radius 1 is 1.20 bits per heavy atom. The van der Waals surface area contributed by atoms with Crippen molar-refractivity contribution < 1.29 is 0 Å². The minimum atomic E-state index is 0.334. The van der Waals surface area contributed by atoms with E-state index in [1.807, 2.05) is 0 Å². The highest BCUT2D eigenvalue weighted by molar-refractivity contribution is 9.10. The van der Waals surface area contributed by atoms with Crippen LogP contribution in [-0.4, -0.2) is 10.7 Å². The van der Waals surface area contributed by atoms with Gasteiger partial charge in [0.2, 0.25) is 0 Å². The summed E-state index contributed by atoms with van der Waals surface area (Å²) < 4.78 is 1.16. The van der Waals surface area contributed by atoms with E-state index in [9.17, 15) is 0 Å². The highest BCUT2D eigenvalue weighted by Crippen LogP contribution is 2.32. The summed E-state index contributed by atoms with van der Waals surface area (Å²) >= 11 is 10.8. The Morgan fingerprint density at radius 3 is 2.33 bits per heavy atom. The minimum Gasteiger partial charge on any atom is -0.0922 e. The smallest absolute Gasteiger partial charge is 0.0177 e. The zero-order valence-corrected chi connectivity index (χ0v) is 13.5. The Morgan fingerprint density at radius 2 is 1.87 bits per heavy atom. The molecule has 0 nitrogen and oxygen atoms in total. The molecule has 0 aliphatic heterocycles. The third-order valence-corrected chi connectivity index (χ3v) is 5.66. The number of hydrogen-bond donors (Lipinski definition) is 0. The van der Waals surface area contributed by atoms with E-state index in [4.69, 9.17) is 0 Å². The van der Waals surface area contributed by atoms with Crippen LogP contribution < -0.4 is 0 Å². The lowest BCUT2D eigenvalue weighted by Gasteiger charge is -2.28. The summed E-state index contributed by atoms with van der Waals surface area (Å²) in [5.41, 5.74) is 1.73. The summed E-state index contributed by atoms with van der Waals surface area (Å²) in [6.45, 7) is 2.25. The molecule has 0 bridgehead atoms. The second kappa shape index (κ2) is 6.41. The lowest BCUT2D eigenvalue weighted by molar-refractivity contribution is 0.373. The molecule has 0 saturated heterocycles. The van der Waals surface area contributed by atoms with Crippen LogP contribution in [0.15, 0.2) is 28.7 Å². The topological polar surface area (TPSA) is 0 Å². The van der Waals surface area contributed by atoms with E-state index in [2.05, 4.69) is 79.0 Å². The zero-order chi connectivity index (χ0) is 11.3. The third-order valence-electron chi connectivity index (χ3n) is 2.79. The van der Waals surface area contributed by atoms with Crippen LogP contribution in [0, 0.1) is 5.41 Å². The summed E-state index contributed by atoms with van der Waals surface area (Å²) in [7, 11) is 0. The van der Waals surface area contributed by atoms with Crippen LogP contribution in [0.4, 0.5) is 0 Å². The first kappa shape index (κ1) is 13.7. The molecule has 0 aromatic heterocycles. The summed E-state index contributed by atoms with van der Waals surface area (Å²) in [5.74, 6) is 0. The van der Waals surface area contributed by atoms with Crippen molar-refractivity contribution in [3.63, 3.8) is 0 Å². The normalized spacial score (nSPS) is 11.7. The number of rotatable bonds is 5. The molecule has 1 rings (SSSR count). The van der Waals surface area contributed by atoms with Crippen LogP contribution in [0.2, 0.25) is 0 Å². The first-order valence-corrected chi connectivity index (χ1v) is 8.06. The van der Waals surface area contributed by atoms with Gasteiger partial charge in [0.25, 0.3) is 0 Å². The molecule has 0 N–H and O–H groups in total. The van der Waals surface area contributed by atoms with Crippen LogP contribution >= 0.6 is 47.8 Å². The Hall–Kier alpha value is 0.660. The Bertz CT molecular complexity index is 297. The van der Waals surface area contributed by atoms with Gasteiger partial charge in [-0.2, -0.15) is 0 Å². The minimum absolute atomic E-state index is 0.334. The van der Waals surface area contributed by atoms with Crippen LogP contribution in [0.1, 0.15) is 18.9 Å². The maximum Gasteiger partial charge on any atom is 0.0177 e. The zero-order valence-electron chi connectivity index (χ0n) is 8.77. The van der Waals surface area contributed by atoms with Crippen molar-refractivity contribution in [2.45, 2.75) is 19.8 Å². The first-order chi connectivity index (χ1) is 7.15. The molecule has 3 heteroatoms. The predicted molar refractivity (Wildman–Crippen MR) is 78.2 cm³/mol. The van der Waals surface area contributed by atoms with Crippen LogP contribution in [0.3, 0.4) is 0 Å². The van der Waals surface area contributed by atoms with Gasteiger partial charge in [-0.15, -0.1) is 0 Å². The van der Waals surface area contributed by atoms with Crippen molar-refractivity contribution in [3.05, 3.63) is 34.3 Å². The lowest BCUT2D eigenvalue weighted by Crippen LogP contribution is -2.26. The van der Waals surface area contributed by atoms with Crippen molar-refractivity contribution in [3.8, 4) is 0 Å². The van der Waals surface area contributed by atoms with E-state index < -0.39 is 0 Å². The van der Waals surface area contributed by atoms with E-state index >= 15 is 0 Å². The second-order valence-electron chi connectivity index (χ2n) is 3.93. The van der Waals surface area contributed by atoms with Gasteiger partial charge in [-0.25, -0.2) is 0 Å². The maximum atomic E-state index is 3.63. The molecule has 0 radical (unpaired) electrons. The molecule has 0 spiro atoms. The fraction of sp³-hybridized carbons (Fsp3) is 0.500. The van der Waals surface area contributed by atoms with Crippen molar-refractivity contribution in [1.29, 1.82) is 0 Å². The number of alkyl halides is 2. The molecule has 84 valence electrons. The molecule has 0 fully saturated rings. The second-order valence-corrected chi connectivity index (χ2v) is 5.96. The van der Waals surface area contributed by atoms with Crippen molar-refractivity contribution in [2.75, 3.05) is 10.7 Å². The van der Waals surface area contributed by atoms with Gasteiger partial charge >= 0.3 is 0 Å². The molecule has 15 heavy (non-hydrogen) atoms. The molecule has 0 amide bonds. The van der Waals surface area contributed by atoms with Gasteiger partial charge in [-0.3, -0.25) is 0 Å². The van der Waals surface area contributed by atoms with Gasteiger partial charge in [0, 0.05) is 15.1 Å². The van der Waals surface area contributed by atoms with E-state index in [0.717, 1.165) is 21.6 Å². The molecule has 0 aliphatic rings. The Kier molecular flexibility index (Phi) is 5.86. The van der Waals surface area contributed by atoms with E-state index in [-0.39, 0.29) is 0 Å². The van der Waals surface area contributed by atoms with Gasteiger partial charge < -0.3 is 0 Å². The molecular formula is C12H15Br3. The molecular weight excluding hydrogens is 384 g/mol. The Labute approximate surface area is 117 Å². The highest BCUT2D eigenvalue weighted by Gasteiger charge is 2.25. The van der Waals surface area contributed by atoms with Crippen molar-refractivity contribution in [1.82, 2.24) is 0 Å². The summed E-state index contributed by atoms with van der Waals surface area (Å²) in [6, 6.07) is 8.57. The molecule has 0 unspecified atom stereocenters. The molecule has 1 aromatic rings. The van der Waals surface area contributed by atoms with Crippen LogP contribution in [0.25, 0.3) is 0 Å². The standard InChI is InChI=1S/C12H15Br3/c1-2-12(8-13,9-14)7-10-4-3-5-11(15)6-10/h3-6H,2,7-9H2,1H3. The number of benzene rings is 1. The highest BCUT2D eigenvalue weighted by atomic mass is 79.9. The maximum absolute atomic E-state index is 3.63. The van der Waals surface area contributed by atoms with Crippen LogP contribution in [-0.2, 0) is 6.42 Å². The monoisotopic (exact) mass is 396 g/mol. The van der Waals surface area contributed by atoms with Gasteiger partial charge in [0.05, 0.1) is 0 Å².